The van der Waals surface area contributed by atoms with E-state index in [1.807, 2.05) is 18.2 Å². The minimum absolute atomic E-state index is 0.0250. The highest BCUT2D eigenvalue weighted by atomic mass is 35.5. The van der Waals surface area contributed by atoms with Crippen LogP contribution in [-0.2, 0) is 11.2 Å². The van der Waals surface area contributed by atoms with E-state index in [-0.39, 0.29) is 24.4 Å². The number of carbonyl (C=O) groups excluding carboxylic acids is 2. The van der Waals surface area contributed by atoms with Crippen molar-refractivity contribution < 1.29 is 19.1 Å². The second-order valence-electron chi connectivity index (χ2n) is 6.72. The second kappa shape index (κ2) is 9.52. The lowest BCUT2D eigenvalue weighted by Crippen LogP contribution is -2.43. The van der Waals surface area contributed by atoms with Gasteiger partial charge in [-0.15, -0.1) is 0 Å². The number of hydrogen-bond acceptors (Lipinski definition) is 4. The van der Waals surface area contributed by atoms with Crippen molar-refractivity contribution in [1.29, 1.82) is 0 Å². The Hall–Kier alpha value is -2.93. The van der Waals surface area contributed by atoms with E-state index in [4.69, 9.17) is 21.1 Å². The molecule has 0 spiro atoms. The smallest absolute Gasteiger partial charge is 0.315 e. The number of methoxy groups -OCH3 is 2. The van der Waals surface area contributed by atoms with Crippen LogP contribution in [0.15, 0.2) is 42.5 Å². The van der Waals surface area contributed by atoms with Crippen LogP contribution in [0.2, 0.25) is 5.02 Å². The van der Waals surface area contributed by atoms with E-state index < -0.39 is 0 Å². The number of benzene rings is 2. The summed E-state index contributed by atoms with van der Waals surface area (Å²) in [5, 5.41) is 6.31. The molecule has 0 saturated carbocycles. The molecule has 0 unspecified atom stereocenters. The fourth-order valence-electron chi connectivity index (χ4n) is 3.27. The number of anilines is 1. The van der Waals surface area contributed by atoms with Crippen LogP contribution in [0.25, 0.3) is 0 Å². The van der Waals surface area contributed by atoms with Crippen molar-refractivity contribution in [2.75, 3.05) is 32.2 Å². The standard InChI is InChI=1S/C21H24ClN3O4/c1-28-18-8-3-14(11-19(18)29-2)9-10-23-21(27)24-16-12-20(26)25(13-16)17-6-4-15(22)5-7-17/h3-8,11,16H,9-10,12-13H2,1-2H3,(H2,23,24,27)/t16-/m1/s1. The van der Waals surface area contributed by atoms with Crippen molar-refractivity contribution in [3.63, 3.8) is 0 Å². The highest BCUT2D eigenvalue weighted by molar-refractivity contribution is 6.30. The number of rotatable bonds is 7. The van der Waals surface area contributed by atoms with E-state index >= 15 is 0 Å². The SMILES string of the molecule is COc1ccc(CCNC(=O)N[C@@H]2CC(=O)N(c3ccc(Cl)cc3)C2)cc1OC. The maximum Gasteiger partial charge on any atom is 0.315 e. The average Bonchev–Trinajstić information content (AvgIpc) is 3.08. The van der Waals surface area contributed by atoms with Gasteiger partial charge in [0.25, 0.3) is 0 Å². The first kappa shape index (κ1) is 20.8. The lowest BCUT2D eigenvalue weighted by Gasteiger charge is -2.17. The van der Waals surface area contributed by atoms with Gasteiger partial charge in [0.1, 0.15) is 0 Å². The van der Waals surface area contributed by atoms with Gasteiger partial charge in [-0.05, 0) is 48.4 Å². The van der Waals surface area contributed by atoms with E-state index in [0.29, 0.717) is 36.0 Å². The van der Waals surface area contributed by atoms with Crippen LogP contribution in [0.4, 0.5) is 10.5 Å². The third kappa shape index (κ3) is 5.32. The predicted octanol–water partition coefficient (Wildman–Crippen LogP) is 3.00. The molecular weight excluding hydrogens is 394 g/mol. The van der Waals surface area contributed by atoms with Crippen molar-refractivity contribution in [2.24, 2.45) is 0 Å². The zero-order chi connectivity index (χ0) is 20.8. The zero-order valence-corrected chi connectivity index (χ0v) is 17.2. The normalized spacial score (nSPS) is 15.9. The van der Waals surface area contributed by atoms with Gasteiger partial charge in [0.2, 0.25) is 5.91 Å². The van der Waals surface area contributed by atoms with E-state index in [9.17, 15) is 9.59 Å². The number of hydrogen-bond donors (Lipinski definition) is 2. The molecular formula is C21H24ClN3O4. The Bertz CT molecular complexity index is 873. The molecule has 2 N–H and O–H groups in total. The van der Waals surface area contributed by atoms with Gasteiger partial charge >= 0.3 is 6.03 Å². The van der Waals surface area contributed by atoms with Gasteiger partial charge in [0.05, 0.1) is 20.3 Å². The molecule has 1 aliphatic heterocycles. The molecule has 0 aliphatic carbocycles. The molecule has 1 heterocycles. The summed E-state index contributed by atoms with van der Waals surface area (Å²) in [5.41, 5.74) is 1.80. The molecule has 3 rings (SSSR count). The average molecular weight is 418 g/mol. The Morgan fingerprint density at radius 3 is 2.55 bits per heavy atom. The molecule has 1 saturated heterocycles. The van der Waals surface area contributed by atoms with Crippen LogP contribution in [0.3, 0.4) is 0 Å². The Morgan fingerprint density at radius 2 is 1.86 bits per heavy atom. The van der Waals surface area contributed by atoms with Crippen LogP contribution in [0, 0.1) is 0 Å². The van der Waals surface area contributed by atoms with E-state index in [1.165, 1.54) is 0 Å². The van der Waals surface area contributed by atoms with Crippen molar-refractivity contribution in [3.05, 3.63) is 53.1 Å². The summed E-state index contributed by atoms with van der Waals surface area (Å²) in [6, 6.07) is 12.2. The van der Waals surface area contributed by atoms with Crippen LogP contribution in [-0.4, -0.2) is 45.3 Å². The molecule has 0 aromatic heterocycles. The first-order valence-corrected chi connectivity index (χ1v) is 9.69. The van der Waals surface area contributed by atoms with Gasteiger partial charge in [-0.1, -0.05) is 17.7 Å². The third-order valence-electron chi connectivity index (χ3n) is 4.75. The maximum absolute atomic E-state index is 12.3. The summed E-state index contributed by atoms with van der Waals surface area (Å²) in [5.74, 6) is 1.29. The summed E-state index contributed by atoms with van der Waals surface area (Å²) in [6.45, 7) is 0.895. The molecule has 154 valence electrons. The largest absolute Gasteiger partial charge is 0.493 e. The van der Waals surface area contributed by atoms with Gasteiger partial charge < -0.3 is 25.0 Å². The first-order valence-electron chi connectivity index (χ1n) is 9.31. The lowest BCUT2D eigenvalue weighted by molar-refractivity contribution is -0.117. The molecule has 29 heavy (non-hydrogen) atoms. The van der Waals surface area contributed by atoms with Gasteiger partial charge in [-0.2, -0.15) is 0 Å². The molecule has 1 atom stereocenters. The maximum atomic E-state index is 12.3. The van der Waals surface area contributed by atoms with Crippen LogP contribution >= 0.6 is 11.6 Å². The number of amides is 3. The van der Waals surface area contributed by atoms with Gasteiger partial charge in [-0.25, -0.2) is 4.79 Å². The molecule has 2 aromatic carbocycles. The predicted molar refractivity (Wildman–Crippen MR) is 112 cm³/mol. The van der Waals surface area contributed by atoms with Gasteiger partial charge in [0.15, 0.2) is 11.5 Å². The van der Waals surface area contributed by atoms with Gasteiger partial charge in [0, 0.05) is 30.2 Å². The van der Waals surface area contributed by atoms with Crippen LogP contribution in [0.5, 0.6) is 11.5 Å². The molecule has 7 nitrogen and oxygen atoms in total. The number of nitrogens with zero attached hydrogens (tertiary/aromatic N) is 1. The van der Waals surface area contributed by atoms with Gasteiger partial charge in [-0.3, -0.25) is 4.79 Å². The monoisotopic (exact) mass is 417 g/mol. The molecule has 1 aliphatic rings. The van der Waals surface area contributed by atoms with Crippen molar-refractivity contribution in [1.82, 2.24) is 10.6 Å². The topological polar surface area (TPSA) is 79.9 Å². The molecule has 8 heteroatoms. The zero-order valence-electron chi connectivity index (χ0n) is 16.4. The third-order valence-corrected chi connectivity index (χ3v) is 5.00. The molecule has 0 radical (unpaired) electrons. The Morgan fingerprint density at radius 1 is 1.14 bits per heavy atom. The van der Waals surface area contributed by atoms with Crippen LogP contribution < -0.4 is 25.0 Å². The summed E-state index contributed by atoms with van der Waals surface area (Å²) < 4.78 is 10.5. The van der Waals surface area contributed by atoms with E-state index in [2.05, 4.69) is 10.6 Å². The van der Waals surface area contributed by atoms with Crippen molar-refractivity contribution in [2.45, 2.75) is 18.9 Å². The minimum atomic E-state index is -0.291. The molecule has 0 bridgehead atoms. The fraction of sp³-hybridized carbons (Fsp3) is 0.333. The summed E-state index contributed by atoms with van der Waals surface area (Å²) >= 11 is 5.90. The highest BCUT2D eigenvalue weighted by Crippen LogP contribution is 2.27. The van der Waals surface area contributed by atoms with Crippen molar-refractivity contribution >= 4 is 29.2 Å². The number of carbonyl (C=O) groups is 2. The molecule has 3 amide bonds. The first-order chi connectivity index (χ1) is 14.0. The molecule has 2 aromatic rings. The number of urea groups is 1. The quantitative estimate of drug-likeness (QED) is 0.725. The Labute approximate surface area is 174 Å². The fourth-order valence-corrected chi connectivity index (χ4v) is 3.39. The van der Waals surface area contributed by atoms with E-state index in [0.717, 1.165) is 11.3 Å². The minimum Gasteiger partial charge on any atom is -0.493 e. The highest BCUT2D eigenvalue weighted by Gasteiger charge is 2.31. The number of nitrogens with one attached hydrogen (secondary N) is 2. The van der Waals surface area contributed by atoms with E-state index in [1.54, 1.807) is 43.4 Å². The molecule has 1 fully saturated rings. The van der Waals surface area contributed by atoms with Crippen LogP contribution in [0.1, 0.15) is 12.0 Å². The lowest BCUT2D eigenvalue weighted by atomic mass is 10.1. The Balaban J connectivity index is 1.46. The Kier molecular flexibility index (Phi) is 6.82. The summed E-state index contributed by atoms with van der Waals surface area (Å²) in [7, 11) is 3.18. The second-order valence-corrected chi connectivity index (χ2v) is 7.16. The number of ether oxygens (including phenoxy) is 2. The van der Waals surface area contributed by atoms with Crippen molar-refractivity contribution in [3.8, 4) is 11.5 Å². The summed E-state index contributed by atoms with van der Waals surface area (Å²) in [6.07, 6.45) is 0.917. The number of halogens is 1. The summed E-state index contributed by atoms with van der Waals surface area (Å²) in [4.78, 5) is 26.1.